The Balaban J connectivity index is 2.03. The summed E-state index contributed by atoms with van der Waals surface area (Å²) in [6.45, 7) is -0.153. The third-order valence-corrected chi connectivity index (χ3v) is 3.39. The number of anilines is 1. The van der Waals surface area contributed by atoms with Gasteiger partial charge in [-0.3, -0.25) is 0 Å². The summed E-state index contributed by atoms with van der Waals surface area (Å²) in [6, 6.07) is 7.06. The van der Waals surface area contributed by atoms with Crippen molar-refractivity contribution in [2.24, 2.45) is 0 Å². The summed E-state index contributed by atoms with van der Waals surface area (Å²) in [5.74, 6) is 0.659. The number of aliphatic hydroxyl groups is 1. The van der Waals surface area contributed by atoms with Gasteiger partial charge in [-0.15, -0.1) is 0 Å². The summed E-state index contributed by atoms with van der Waals surface area (Å²) in [7, 11) is 3.18. The minimum absolute atomic E-state index is 0.153. The van der Waals surface area contributed by atoms with Gasteiger partial charge in [0.1, 0.15) is 18.0 Å². The van der Waals surface area contributed by atoms with E-state index in [1.807, 2.05) is 0 Å². The highest BCUT2D eigenvalue weighted by atomic mass is 16.7. The number of ether oxygens (including phenoxy) is 4. The molecule has 1 saturated heterocycles. The summed E-state index contributed by atoms with van der Waals surface area (Å²) in [5.41, 5.74) is 6.30. The average molecular weight is 283 g/mol. The third-order valence-electron chi connectivity index (χ3n) is 3.39. The Morgan fingerprint density at radius 3 is 2.50 bits per heavy atom. The van der Waals surface area contributed by atoms with Crippen LogP contribution in [0.25, 0.3) is 0 Å². The normalized spacial score (nSPS) is 30.1. The van der Waals surface area contributed by atoms with Crippen LogP contribution in [0, 0.1) is 0 Å². The zero-order chi connectivity index (χ0) is 14.5. The molecule has 1 aromatic carbocycles. The van der Waals surface area contributed by atoms with Gasteiger partial charge in [0, 0.05) is 26.3 Å². The van der Waals surface area contributed by atoms with Gasteiger partial charge < -0.3 is 29.8 Å². The molecule has 1 aliphatic heterocycles. The smallest absolute Gasteiger partial charge is 0.202 e. The van der Waals surface area contributed by atoms with Crippen molar-refractivity contribution in [3.05, 3.63) is 24.3 Å². The Bertz CT molecular complexity index is 397. The van der Waals surface area contributed by atoms with Gasteiger partial charge in [0.2, 0.25) is 6.29 Å². The molecule has 0 spiro atoms. The molecule has 0 amide bonds. The highest BCUT2D eigenvalue weighted by molar-refractivity contribution is 5.41. The minimum Gasteiger partial charge on any atom is -0.465 e. The van der Waals surface area contributed by atoms with Gasteiger partial charge in [0.15, 0.2) is 0 Å². The Kier molecular flexibility index (Phi) is 5.19. The van der Waals surface area contributed by atoms with E-state index >= 15 is 0 Å². The largest absolute Gasteiger partial charge is 0.465 e. The van der Waals surface area contributed by atoms with Crippen molar-refractivity contribution in [3.8, 4) is 5.75 Å². The van der Waals surface area contributed by atoms with Gasteiger partial charge in [-0.1, -0.05) is 0 Å². The van der Waals surface area contributed by atoms with Crippen LogP contribution < -0.4 is 10.5 Å². The van der Waals surface area contributed by atoms with Crippen LogP contribution in [0.4, 0.5) is 5.69 Å². The van der Waals surface area contributed by atoms with Crippen LogP contribution in [0.3, 0.4) is 0 Å². The summed E-state index contributed by atoms with van der Waals surface area (Å²) < 4.78 is 22.2. The molecule has 0 radical (unpaired) electrons. The molecule has 0 bridgehead atoms. The van der Waals surface area contributed by atoms with Gasteiger partial charge in [-0.05, 0) is 24.3 Å². The monoisotopic (exact) mass is 283 g/mol. The average Bonchev–Trinajstić information content (AvgIpc) is 2.48. The lowest BCUT2D eigenvalue weighted by atomic mass is 10.0. The minimum atomic E-state index is -0.493. The molecule has 0 saturated carbocycles. The molecule has 6 heteroatoms. The first-order chi connectivity index (χ1) is 9.67. The molecule has 3 unspecified atom stereocenters. The van der Waals surface area contributed by atoms with Crippen molar-refractivity contribution >= 4 is 5.69 Å². The van der Waals surface area contributed by atoms with E-state index in [0.29, 0.717) is 17.9 Å². The molecule has 1 aliphatic rings. The molecular formula is C14H21NO5. The fourth-order valence-electron chi connectivity index (χ4n) is 2.35. The lowest BCUT2D eigenvalue weighted by Gasteiger charge is -2.39. The first-order valence-corrected chi connectivity index (χ1v) is 6.52. The highest BCUT2D eigenvalue weighted by Crippen LogP contribution is 2.26. The second kappa shape index (κ2) is 6.90. The molecule has 0 aromatic heterocycles. The van der Waals surface area contributed by atoms with Crippen molar-refractivity contribution in [3.63, 3.8) is 0 Å². The van der Waals surface area contributed by atoms with Gasteiger partial charge >= 0.3 is 0 Å². The summed E-state index contributed by atoms with van der Waals surface area (Å²) in [5, 5.41) is 9.39. The van der Waals surface area contributed by atoms with E-state index in [4.69, 9.17) is 24.7 Å². The number of hydrogen-bond acceptors (Lipinski definition) is 6. The molecular weight excluding hydrogens is 262 g/mol. The second-order valence-electron chi connectivity index (χ2n) is 4.68. The molecule has 20 heavy (non-hydrogen) atoms. The first-order valence-electron chi connectivity index (χ1n) is 6.52. The molecule has 1 heterocycles. The van der Waals surface area contributed by atoms with E-state index in [2.05, 4.69) is 0 Å². The van der Waals surface area contributed by atoms with Crippen LogP contribution >= 0.6 is 0 Å². The topological polar surface area (TPSA) is 83.2 Å². The maximum atomic E-state index is 9.39. The van der Waals surface area contributed by atoms with Crippen LogP contribution in [-0.4, -0.2) is 50.5 Å². The Hall–Kier alpha value is -1.34. The van der Waals surface area contributed by atoms with E-state index < -0.39 is 12.4 Å². The van der Waals surface area contributed by atoms with Crippen molar-refractivity contribution in [2.45, 2.75) is 31.0 Å². The quantitative estimate of drug-likeness (QED) is 0.777. The maximum absolute atomic E-state index is 9.39. The molecule has 2 rings (SSSR count). The van der Waals surface area contributed by atoms with Gasteiger partial charge in [0.25, 0.3) is 0 Å². The van der Waals surface area contributed by atoms with Crippen molar-refractivity contribution in [1.29, 1.82) is 0 Å². The van der Waals surface area contributed by atoms with Crippen molar-refractivity contribution in [1.82, 2.24) is 0 Å². The first kappa shape index (κ1) is 15.1. The van der Waals surface area contributed by atoms with E-state index in [-0.39, 0.29) is 18.8 Å². The summed E-state index contributed by atoms with van der Waals surface area (Å²) in [6.07, 6.45) is -0.943. The fraction of sp³-hybridized carbons (Fsp3) is 0.571. The number of rotatable bonds is 5. The molecule has 6 nitrogen and oxygen atoms in total. The zero-order valence-corrected chi connectivity index (χ0v) is 11.7. The predicted octanol–water partition coefficient (Wildman–Crippen LogP) is 0.785. The van der Waals surface area contributed by atoms with Crippen molar-refractivity contribution < 1.29 is 24.1 Å². The van der Waals surface area contributed by atoms with Crippen LogP contribution in [0.2, 0.25) is 0 Å². The molecule has 1 aromatic rings. The SMILES string of the molecule is COC1CC(Oc2ccc(N)cc2)O[C@H](CO)C1OC. The highest BCUT2D eigenvalue weighted by Gasteiger charge is 2.39. The van der Waals surface area contributed by atoms with Crippen LogP contribution in [0.15, 0.2) is 24.3 Å². The lowest BCUT2D eigenvalue weighted by Crippen LogP contribution is -2.52. The standard InChI is InChI=1S/C14H21NO5/c1-17-11-7-13(20-12(8-16)14(11)18-2)19-10-5-3-9(15)4-6-10/h3-6,11-14,16H,7-8,15H2,1-2H3/t11?,12-,13?,14?/m1/s1. The number of hydrogen-bond donors (Lipinski definition) is 2. The third kappa shape index (κ3) is 3.40. The van der Waals surface area contributed by atoms with E-state index in [1.165, 1.54) is 0 Å². The maximum Gasteiger partial charge on any atom is 0.202 e. The van der Waals surface area contributed by atoms with Gasteiger partial charge in [-0.25, -0.2) is 0 Å². The number of nitrogens with two attached hydrogens (primary N) is 1. The van der Waals surface area contributed by atoms with Crippen molar-refractivity contribution in [2.75, 3.05) is 26.6 Å². The summed E-state index contributed by atoms with van der Waals surface area (Å²) >= 11 is 0. The fourth-order valence-corrected chi connectivity index (χ4v) is 2.35. The summed E-state index contributed by atoms with van der Waals surface area (Å²) in [4.78, 5) is 0. The Labute approximate surface area is 118 Å². The molecule has 112 valence electrons. The van der Waals surface area contributed by atoms with E-state index in [1.54, 1.807) is 38.5 Å². The second-order valence-corrected chi connectivity index (χ2v) is 4.68. The Morgan fingerprint density at radius 2 is 1.95 bits per heavy atom. The van der Waals surface area contributed by atoms with E-state index in [0.717, 1.165) is 0 Å². The van der Waals surface area contributed by atoms with Crippen LogP contribution in [-0.2, 0) is 14.2 Å². The van der Waals surface area contributed by atoms with Gasteiger partial charge in [0.05, 0.1) is 12.7 Å². The number of aliphatic hydroxyl groups excluding tert-OH is 1. The van der Waals surface area contributed by atoms with Gasteiger partial charge in [-0.2, -0.15) is 0 Å². The Morgan fingerprint density at radius 1 is 1.25 bits per heavy atom. The molecule has 4 atom stereocenters. The number of nitrogen functional groups attached to an aromatic ring is 1. The molecule has 3 N–H and O–H groups in total. The lowest BCUT2D eigenvalue weighted by molar-refractivity contribution is -0.240. The van der Waals surface area contributed by atoms with Crippen LogP contribution in [0.1, 0.15) is 6.42 Å². The number of methoxy groups -OCH3 is 2. The number of benzene rings is 1. The zero-order valence-electron chi connectivity index (χ0n) is 11.7. The molecule has 1 fully saturated rings. The van der Waals surface area contributed by atoms with E-state index in [9.17, 15) is 5.11 Å². The molecule has 0 aliphatic carbocycles. The predicted molar refractivity (Wildman–Crippen MR) is 73.4 cm³/mol. The van der Waals surface area contributed by atoms with Crippen LogP contribution in [0.5, 0.6) is 5.75 Å².